The largest absolute Gasteiger partial charge is 2.00 e. The van der Waals surface area contributed by atoms with Gasteiger partial charge in [-0.25, -0.2) is 11.1 Å². The van der Waals surface area contributed by atoms with Crippen LogP contribution in [0, 0.1) is 12.2 Å². The minimum absolute atomic E-state index is 0. The van der Waals surface area contributed by atoms with Gasteiger partial charge in [0.1, 0.15) is 5.60 Å². The van der Waals surface area contributed by atoms with E-state index < -0.39 is 5.60 Å². The van der Waals surface area contributed by atoms with Crippen molar-refractivity contribution in [1.29, 1.82) is 0 Å². The van der Waals surface area contributed by atoms with Crippen molar-refractivity contribution in [3.05, 3.63) is 47.5 Å². The Balaban J connectivity index is 0.000000271. The fourth-order valence-corrected chi connectivity index (χ4v) is 2.57. The van der Waals surface area contributed by atoms with Gasteiger partial charge in [-0.05, 0) is 20.8 Å². The molecule has 0 saturated carbocycles. The Morgan fingerprint density at radius 3 is 2.39 bits per heavy atom. The number of ether oxygens (including phenoxy) is 1. The molecule has 0 atom stereocenters. The third-order valence-corrected chi connectivity index (χ3v) is 3.74. The monoisotopic (exact) mass is 555 g/mol. The minimum atomic E-state index is -0.485. The van der Waals surface area contributed by atoms with E-state index in [9.17, 15) is 9.59 Å². The Morgan fingerprint density at radius 2 is 1.86 bits per heavy atom. The normalized spacial score (nSPS) is 14.2. The van der Waals surface area contributed by atoms with Crippen LogP contribution in [0.5, 0.6) is 0 Å². The van der Waals surface area contributed by atoms with Crippen LogP contribution >= 0.6 is 0 Å². The Morgan fingerprint density at radius 1 is 1.21 bits per heavy atom. The van der Waals surface area contributed by atoms with E-state index >= 15 is 0 Å². The molecule has 28 heavy (non-hydrogen) atoms. The van der Waals surface area contributed by atoms with E-state index in [0.29, 0.717) is 5.78 Å². The number of esters is 1. The van der Waals surface area contributed by atoms with Crippen molar-refractivity contribution in [1.82, 2.24) is 20.2 Å². The third kappa shape index (κ3) is 8.84. The van der Waals surface area contributed by atoms with Crippen LogP contribution in [0.4, 0.5) is 0 Å². The molecule has 1 aliphatic rings. The summed E-state index contributed by atoms with van der Waals surface area (Å²) in [5.74, 6) is 0.106. The van der Waals surface area contributed by atoms with Crippen LogP contribution in [0.1, 0.15) is 44.0 Å². The van der Waals surface area contributed by atoms with Crippen LogP contribution in [0.2, 0.25) is 0 Å². The number of benzene rings is 1. The van der Waals surface area contributed by atoms with E-state index in [4.69, 9.17) is 4.74 Å². The van der Waals surface area contributed by atoms with Gasteiger partial charge in [0, 0.05) is 11.5 Å². The average molecular weight is 555 g/mol. The molecule has 1 aliphatic heterocycles. The third-order valence-electron chi connectivity index (χ3n) is 3.74. The summed E-state index contributed by atoms with van der Waals surface area (Å²) in [6.45, 7) is 7.06. The van der Waals surface area contributed by atoms with Gasteiger partial charge in [-0.15, -0.1) is 13.1 Å². The summed E-state index contributed by atoms with van der Waals surface area (Å²) in [5.41, 5.74) is 0.362. The van der Waals surface area contributed by atoms with Gasteiger partial charge in [0.2, 0.25) is 0 Å². The fraction of sp³-hybridized carbons (Fsp3) is 0.526. The van der Waals surface area contributed by atoms with E-state index in [1.54, 1.807) is 20.8 Å². The Kier molecular flexibility index (Phi) is 10.2. The van der Waals surface area contributed by atoms with Crippen LogP contribution in [-0.4, -0.2) is 50.7 Å². The topological polar surface area (TPSA) is 101 Å². The van der Waals surface area contributed by atoms with Gasteiger partial charge in [0.05, 0.1) is 0 Å². The minimum Gasteiger partial charge on any atom is -0.662 e. The average Bonchev–Trinajstić information content (AvgIpc) is 3.14. The molecular weight excluding hydrogens is 530 g/mol. The number of aromatic nitrogens is 4. The Hall–Kier alpha value is -1.92. The molecule has 0 amide bonds. The maximum atomic E-state index is 12.0. The van der Waals surface area contributed by atoms with Gasteiger partial charge >= 0.3 is 27.0 Å². The van der Waals surface area contributed by atoms with Crippen molar-refractivity contribution < 1.29 is 35.4 Å². The molecule has 0 radical (unpaired) electrons. The van der Waals surface area contributed by atoms with Crippen LogP contribution in [0.15, 0.2) is 30.3 Å². The van der Waals surface area contributed by atoms with Crippen molar-refractivity contribution >= 4 is 11.8 Å². The predicted molar refractivity (Wildman–Crippen MR) is 99.1 cm³/mol. The first-order valence-corrected chi connectivity index (χ1v) is 8.93. The second-order valence-corrected chi connectivity index (χ2v) is 7.18. The summed E-state index contributed by atoms with van der Waals surface area (Å²) < 4.78 is 5.03. The SMILES string of the molecule is CC(C)(C)OC(=O)Cn1n[c-]nn1.O=C(c1ccccc1)C1CC[N-]CC1.[W+2]. The zero-order chi connectivity index (χ0) is 19.7. The number of piperidine rings is 1. The number of ketones is 1. The number of hydrogen-bond acceptors (Lipinski definition) is 6. The number of tetrazole rings is 1. The van der Waals surface area contributed by atoms with E-state index in [0.717, 1.165) is 36.3 Å². The molecular formula is C19H25N5O3W. The molecule has 2 aromatic rings. The first kappa shape index (κ1) is 24.1. The molecule has 1 aromatic carbocycles. The number of Topliss-reactive ketones (excluding diaryl/α,β-unsaturated/α-hetero) is 1. The number of nitrogens with zero attached hydrogens (tertiary/aromatic N) is 5. The van der Waals surface area contributed by atoms with Crippen molar-refractivity contribution in [2.45, 2.75) is 45.8 Å². The van der Waals surface area contributed by atoms with Crippen molar-refractivity contribution in [3.63, 3.8) is 0 Å². The first-order valence-electron chi connectivity index (χ1n) is 8.93. The van der Waals surface area contributed by atoms with Crippen molar-refractivity contribution in [3.8, 4) is 0 Å². The standard InChI is InChI=1S/C12H14NO.C7H11N4O2.W/c14-12(10-4-2-1-3-5-10)11-6-8-13-9-7-11;1-7(2,3)13-6(12)4-11-9-5-8-10-11;/h1-5,11H,6-9H2;4H2,1-3H3;/q2*-1;+2. The van der Waals surface area contributed by atoms with E-state index in [1.807, 2.05) is 30.3 Å². The number of carbonyl (C=O) groups is 2. The van der Waals surface area contributed by atoms with Gasteiger partial charge in [-0.1, -0.05) is 48.4 Å². The van der Waals surface area contributed by atoms with Crippen LogP contribution in [0.3, 0.4) is 0 Å². The van der Waals surface area contributed by atoms with Gasteiger partial charge in [0.15, 0.2) is 12.3 Å². The molecule has 0 unspecified atom stereocenters. The van der Waals surface area contributed by atoms with Crippen molar-refractivity contribution in [2.75, 3.05) is 13.1 Å². The number of hydrogen-bond donors (Lipinski definition) is 0. The zero-order valence-corrected chi connectivity index (χ0v) is 19.3. The molecule has 1 saturated heterocycles. The van der Waals surface area contributed by atoms with Gasteiger partial charge in [0.25, 0.3) is 0 Å². The van der Waals surface area contributed by atoms with Crippen molar-refractivity contribution in [2.24, 2.45) is 5.92 Å². The molecule has 0 N–H and O–H groups in total. The summed E-state index contributed by atoms with van der Waals surface area (Å²) in [5, 5.41) is 14.6. The van der Waals surface area contributed by atoms with E-state index in [2.05, 4.69) is 27.1 Å². The molecule has 8 nitrogen and oxygen atoms in total. The second kappa shape index (κ2) is 11.8. The van der Waals surface area contributed by atoms with Gasteiger partial charge in [-0.3, -0.25) is 4.79 Å². The van der Waals surface area contributed by atoms with E-state index in [1.165, 1.54) is 0 Å². The predicted octanol–water partition coefficient (Wildman–Crippen LogP) is 2.47. The summed E-state index contributed by atoms with van der Waals surface area (Å²) in [7, 11) is 0. The quantitative estimate of drug-likeness (QED) is 0.327. The number of carbonyl (C=O) groups excluding carboxylic acids is 2. The first-order chi connectivity index (χ1) is 12.8. The molecule has 0 bridgehead atoms. The number of rotatable bonds is 4. The Labute approximate surface area is 179 Å². The smallest absolute Gasteiger partial charge is 0.662 e. The molecule has 150 valence electrons. The molecule has 0 spiro atoms. The summed E-state index contributed by atoms with van der Waals surface area (Å²) in [6, 6.07) is 9.57. The molecule has 2 heterocycles. The Bertz CT molecular complexity index is 711. The molecule has 1 fully saturated rings. The summed E-state index contributed by atoms with van der Waals surface area (Å²) in [4.78, 5) is 24.2. The van der Waals surface area contributed by atoms with E-state index in [-0.39, 0.29) is 39.5 Å². The molecule has 9 heteroatoms. The second-order valence-electron chi connectivity index (χ2n) is 7.18. The zero-order valence-electron chi connectivity index (χ0n) is 16.4. The maximum Gasteiger partial charge on any atom is 2.00 e. The van der Waals surface area contributed by atoms with Gasteiger partial charge < -0.3 is 20.3 Å². The van der Waals surface area contributed by atoms with Crippen LogP contribution in [-0.2, 0) is 37.1 Å². The molecule has 3 rings (SSSR count). The molecule has 1 aromatic heterocycles. The fourth-order valence-electron chi connectivity index (χ4n) is 2.57. The maximum absolute atomic E-state index is 12.0. The molecule has 0 aliphatic carbocycles. The summed E-state index contributed by atoms with van der Waals surface area (Å²) in [6.07, 6.45) is 4.09. The van der Waals surface area contributed by atoms with Gasteiger partial charge in [-0.2, -0.15) is 4.80 Å². The summed E-state index contributed by atoms with van der Waals surface area (Å²) >= 11 is 0. The van der Waals surface area contributed by atoms with Crippen LogP contribution in [0.25, 0.3) is 5.32 Å². The van der Waals surface area contributed by atoms with Crippen LogP contribution < -0.4 is 0 Å².